The maximum atomic E-state index is 4.40. The summed E-state index contributed by atoms with van der Waals surface area (Å²) in [6, 6.07) is 2.27. The lowest BCUT2D eigenvalue weighted by Crippen LogP contribution is -2.20. The molecular formula is C18H33N3. The Morgan fingerprint density at radius 2 is 1.76 bits per heavy atom. The van der Waals surface area contributed by atoms with E-state index in [0.717, 1.165) is 6.42 Å². The standard InChI is InChI=1S/C18H33N3/c1-2-3-11-17-16-18(20-19-17)12-7-5-4-6-8-13-21-14-9-10-15-21/h16H,2-15H2,1H3,(H,19,20). The number of hydrogen-bond donors (Lipinski definition) is 1. The van der Waals surface area contributed by atoms with E-state index in [9.17, 15) is 0 Å². The molecule has 3 heteroatoms. The van der Waals surface area contributed by atoms with E-state index in [2.05, 4.69) is 28.1 Å². The second-order valence-electron chi connectivity index (χ2n) is 6.55. The van der Waals surface area contributed by atoms with Crippen molar-refractivity contribution in [1.82, 2.24) is 15.1 Å². The number of hydrogen-bond acceptors (Lipinski definition) is 2. The minimum Gasteiger partial charge on any atom is -0.303 e. The maximum Gasteiger partial charge on any atom is 0.0625 e. The van der Waals surface area contributed by atoms with Gasteiger partial charge in [-0.15, -0.1) is 0 Å². The summed E-state index contributed by atoms with van der Waals surface area (Å²) in [6.45, 7) is 6.26. The molecule has 0 spiro atoms. The van der Waals surface area contributed by atoms with Gasteiger partial charge in [-0.1, -0.05) is 32.6 Å². The number of aromatic amines is 1. The molecule has 2 rings (SSSR count). The number of H-pyrrole nitrogens is 1. The van der Waals surface area contributed by atoms with E-state index >= 15 is 0 Å². The Morgan fingerprint density at radius 1 is 1.00 bits per heavy atom. The van der Waals surface area contributed by atoms with Crippen LogP contribution >= 0.6 is 0 Å². The Kier molecular flexibility index (Phi) is 7.87. The third-order valence-electron chi connectivity index (χ3n) is 4.59. The number of aryl methyl sites for hydroxylation is 2. The van der Waals surface area contributed by atoms with Crippen molar-refractivity contribution in [1.29, 1.82) is 0 Å². The van der Waals surface area contributed by atoms with Crippen LogP contribution < -0.4 is 0 Å². The normalized spacial score (nSPS) is 15.9. The summed E-state index contributed by atoms with van der Waals surface area (Å²) in [5, 5.41) is 7.59. The van der Waals surface area contributed by atoms with Crippen molar-refractivity contribution in [3.05, 3.63) is 17.5 Å². The van der Waals surface area contributed by atoms with Crippen LogP contribution in [0.5, 0.6) is 0 Å². The van der Waals surface area contributed by atoms with E-state index in [1.54, 1.807) is 0 Å². The van der Waals surface area contributed by atoms with Crippen molar-refractivity contribution < 1.29 is 0 Å². The fourth-order valence-electron chi connectivity index (χ4n) is 3.21. The monoisotopic (exact) mass is 291 g/mol. The average molecular weight is 291 g/mol. The summed E-state index contributed by atoms with van der Waals surface area (Å²) in [5.41, 5.74) is 2.58. The van der Waals surface area contributed by atoms with Crippen molar-refractivity contribution >= 4 is 0 Å². The molecule has 21 heavy (non-hydrogen) atoms. The molecule has 120 valence electrons. The molecule has 0 radical (unpaired) electrons. The van der Waals surface area contributed by atoms with Crippen LogP contribution in [0.3, 0.4) is 0 Å². The third-order valence-corrected chi connectivity index (χ3v) is 4.59. The van der Waals surface area contributed by atoms with Crippen molar-refractivity contribution in [3.63, 3.8) is 0 Å². The number of likely N-dealkylation sites (tertiary alicyclic amines) is 1. The molecule has 0 aliphatic carbocycles. The largest absolute Gasteiger partial charge is 0.303 e. The second kappa shape index (κ2) is 9.99. The van der Waals surface area contributed by atoms with Gasteiger partial charge < -0.3 is 4.90 Å². The molecule has 0 unspecified atom stereocenters. The highest BCUT2D eigenvalue weighted by molar-refractivity contribution is 5.08. The molecule has 2 heterocycles. The van der Waals surface area contributed by atoms with E-state index in [1.807, 2.05) is 0 Å². The maximum absolute atomic E-state index is 4.40. The van der Waals surface area contributed by atoms with Gasteiger partial charge in [0.05, 0.1) is 5.69 Å². The fraction of sp³-hybridized carbons (Fsp3) is 0.833. The smallest absolute Gasteiger partial charge is 0.0625 e. The van der Waals surface area contributed by atoms with Crippen molar-refractivity contribution in [2.45, 2.75) is 77.6 Å². The van der Waals surface area contributed by atoms with Crippen LogP contribution in [0, 0.1) is 0 Å². The quantitative estimate of drug-likeness (QED) is 0.615. The van der Waals surface area contributed by atoms with Gasteiger partial charge in [0.25, 0.3) is 0 Å². The number of rotatable bonds is 11. The second-order valence-corrected chi connectivity index (χ2v) is 6.55. The Morgan fingerprint density at radius 3 is 2.57 bits per heavy atom. The number of aromatic nitrogens is 2. The number of nitrogens with zero attached hydrogens (tertiary/aromatic N) is 2. The molecule has 1 fully saturated rings. The summed E-state index contributed by atoms with van der Waals surface area (Å²) in [5.74, 6) is 0. The first kappa shape index (κ1) is 16.5. The van der Waals surface area contributed by atoms with Gasteiger partial charge in [-0.05, 0) is 70.6 Å². The summed E-state index contributed by atoms with van der Waals surface area (Å²) in [7, 11) is 0. The van der Waals surface area contributed by atoms with Crippen molar-refractivity contribution in [3.8, 4) is 0 Å². The molecule has 1 N–H and O–H groups in total. The first-order chi connectivity index (χ1) is 10.4. The number of nitrogens with one attached hydrogen (secondary N) is 1. The van der Waals surface area contributed by atoms with Crippen LogP contribution in [0.25, 0.3) is 0 Å². The highest BCUT2D eigenvalue weighted by Crippen LogP contribution is 2.12. The highest BCUT2D eigenvalue weighted by atomic mass is 15.1. The first-order valence-corrected chi connectivity index (χ1v) is 9.14. The minimum atomic E-state index is 1.13. The number of unbranched alkanes of at least 4 members (excludes halogenated alkanes) is 5. The molecule has 1 aliphatic heterocycles. The van der Waals surface area contributed by atoms with Crippen LogP contribution in [-0.4, -0.2) is 34.7 Å². The van der Waals surface area contributed by atoms with Crippen LogP contribution in [0.1, 0.15) is 76.1 Å². The van der Waals surface area contributed by atoms with E-state index in [4.69, 9.17) is 0 Å². The lowest BCUT2D eigenvalue weighted by Gasteiger charge is -2.13. The van der Waals surface area contributed by atoms with Crippen molar-refractivity contribution in [2.24, 2.45) is 0 Å². The lowest BCUT2D eigenvalue weighted by atomic mass is 10.1. The van der Waals surface area contributed by atoms with Crippen LogP contribution in [0.4, 0.5) is 0 Å². The molecular weight excluding hydrogens is 258 g/mol. The third kappa shape index (κ3) is 6.64. The molecule has 1 saturated heterocycles. The first-order valence-electron chi connectivity index (χ1n) is 9.14. The lowest BCUT2D eigenvalue weighted by molar-refractivity contribution is 0.327. The van der Waals surface area contributed by atoms with Gasteiger partial charge in [0.1, 0.15) is 0 Å². The van der Waals surface area contributed by atoms with Gasteiger partial charge in [0.15, 0.2) is 0 Å². The molecule has 3 nitrogen and oxygen atoms in total. The van der Waals surface area contributed by atoms with Gasteiger partial charge in [0, 0.05) is 5.69 Å². The van der Waals surface area contributed by atoms with Gasteiger partial charge >= 0.3 is 0 Å². The predicted octanol–water partition coefficient (Wildman–Crippen LogP) is 4.34. The van der Waals surface area contributed by atoms with E-state index in [0.29, 0.717) is 0 Å². The highest BCUT2D eigenvalue weighted by Gasteiger charge is 2.09. The van der Waals surface area contributed by atoms with Crippen LogP contribution in [0.2, 0.25) is 0 Å². The van der Waals surface area contributed by atoms with Gasteiger partial charge in [0.2, 0.25) is 0 Å². The summed E-state index contributed by atoms with van der Waals surface area (Å²) >= 11 is 0. The molecule has 0 saturated carbocycles. The molecule has 1 aromatic heterocycles. The van der Waals surface area contributed by atoms with Crippen LogP contribution in [0.15, 0.2) is 6.07 Å². The molecule has 0 aromatic carbocycles. The molecule has 0 bridgehead atoms. The van der Waals surface area contributed by atoms with E-state index in [1.165, 1.54) is 95.2 Å². The molecule has 0 atom stereocenters. The zero-order valence-electron chi connectivity index (χ0n) is 13.9. The fourth-order valence-corrected chi connectivity index (χ4v) is 3.21. The Bertz CT molecular complexity index is 366. The Hall–Kier alpha value is -0.830. The zero-order valence-corrected chi connectivity index (χ0v) is 13.9. The topological polar surface area (TPSA) is 31.9 Å². The Labute approximate surface area is 130 Å². The van der Waals surface area contributed by atoms with Gasteiger partial charge in [-0.25, -0.2) is 0 Å². The molecule has 1 aliphatic rings. The summed E-state index contributed by atoms with van der Waals surface area (Å²) in [6.07, 6.45) is 14.5. The van der Waals surface area contributed by atoms with E-state index < -0.39 is 0 Å². The predicted molar refractivity (Wildman–Crippen MR) is 89.7 cm³/mol. The van der Waals surface area contributed by atoms with Crippen molar-refractivity contribution in [2.75, 3.05) is 19.6 Å². The van der Waals surface area contributed by atoms with Gasteiger partial charge in [-0.2, -0.15) is 5.10 Å². The molecule has 0 amide bonds. The summed E-state index contributed by atoms with van der Waals surface area (Å²) < 4.78 is 0. The molecule has 1 aromatic rings. The van der Waals surface area contributed by atoms with Crippen LogP contribution in [-0.2, 0) is 12.8 Å². The van der Waals surface area contributed by atoms with Gasteiger partial charge in [-0.3, -0.25) is 5.10 Å². The Balaban J connectivity index is 1.44. The SMILES string of the molecule is CCCCc1cc(CCCCCCCN2CCCC2)[nH]n1. The van der Waals surface area contributed by atoms with E-state index in [-0.39, 0.29) is 0 Å². The minimum absolute atomic E-state index is 1.13. The average Bonchev–Trinajstić information content (AvgIpc) is 3.15. The summed E-state index contributed by atoms with van der Waals surface area (Å²) in [4.78, 5) is 2.63. The zero-order chi connectivity index (χ0) is 14.8.